The predicted octanol–water partition coefficient (Wildman–Crippen LogP) is 1.71. The third-order valence-electron chi connectivity index (χ3n) is 2.44. The maximum absolute atomic E-state index is 3.35. The zero-order valence-electron chi connectivity index (χ0n) is 9.22. The van der Waals surface area contributed by atoms with E-state index in [2.05, 4.69) is 45.1 Å². The van der Waals surface area contributed by atoms with Crippen LogP contribution in [0.5, 0.6) is 0 Å². The number of likely N-dealkylation sites (N-methyl/N-ethyl adjacent to an activating group) is 2. The van der Waals surface area contributed by atoms with Crippen molar-refractivity contribution in [2.24, 2.45) is 0 Å². The van der Waals surface area contributed by atoms with Gasteiger partial charge in [-0.05, 0) is 34.4 Å². The second-order valence-corrected chi connectivity index (χ2v) is 3.81. The van der Waals surface area contributed by atoms with E-state index in [9.17, 15) is 0 Å². The molecular formula is C10H24N2. The highest BCUT2D eigenvalue weighted by Crippen LogP contribution is 2.01. The van der Waals surface area contributed by atoms with Crippen LogP contribution in [-0.4, -0.2) is 37.6 Å². The second-order valence-electron chi connectivity index (χ2n) is 3.81. The van der Waals surface area contributed by atoms with Crippen LogP contribution in [0.15, 0.2) is 0 Å². The van der Waals surface area contributed by atoms with Crippen molar-refractivity contribution in [3.05, 3.63) is 0 Å². The lowest BCUT2D eigenvalue weighted by atomic mass is 10.1. The van der Waals surface area contributed by atoms with E-state index in [1.165, 1.54) is 12.8 Å². The van der Waals surface area contributed by atoms with Gasteiger partial charge in [-0.15, -0.1) is 0 Å². The largest absolute Gasteiger partial charge is 0.316 e. The lowest BCUT2D eigenvalue weighted by Crippen LogP contribution is -2.40. The zero-order valence-corrected chi connectivity index (χ0v) is 9.22. The van der Waals surface area contributed by atoms with Crippen molar-refractivity contribution in [1.29, 1.82) is 0 Å². The van der Waals surface area contributed by atoms with Crippen LogP contribution in [0.4, 0.5) is 0 Å². The van der Waals surface area contributed by atoms with E-state index in [0.29, 0.717) is 12.1 Å². The monoisotopic (exact) mass is 172 g/mol. The van der Waals surface area contributed by atoms with E-state index in [0.717, 1.165) is 6.54 Å². The fraction of sp³-hybridized carbons (Fsp3) is 1.00. The second kappa shape index (κ2) is 6.44. The molecule has 0 saturated carbocycles. The van der Waals surface area contributed by atoms with Gasteiger partial charge in [-0.2, -0.15) is 0 Å². The highest BCUT2D eigenvalue weighted by Gasteiger charge is 2.09. The summed E-state index contributed by atoms with van der Waals surface area (Å²) in [5.41, 5.74) is 0. The molecule has 0 radical (unpaired) electrons. The van der Waals surface area contributed by atoms with Crippen LogP contribution in [0, 0.1) is 0 Å². The fourth-order valence-corrected chi connectivity index (χ4v) is 1.23. The molecule has 0 aliphatic rings. The van der Waals surface area contributed by atoms with Crippen molar-refractivity contribution < 1.29 is 0 Å². The predicted molar refractivity (Wildman–Crippen MR) is 55.5 cm³/mol. The molecule has 74 valence electrons. The first-order valence-corrected chi connectivity index (χ1v) is 4.99. The summed E-state index contributed by atoms with van der Waals surface area (Å²) in [4.78, 5) is 2.39. The Morgan fingerprint density at radius 2 is 1.92 bits per heavy atom. The smallest absolute Gasteiger partial charge is 0.0191 e. The molecule has 0 rings (SSSR count). The third-order valence-corrected chi connectivity index (χ3v) is 2.44. The van der Waals surface area contributed by atoms with Crippen LogP contribution in [-0.2, 0) is 0 Å². The van der Waals surface area contributed by atoms with Gasteiger partial charge in [0.1, 0.15) is 0 Å². The minimum atomic E-state index is 0.651. The molecule has 0 amide bonds. The molecule has 0 aromatic rings. The van der Waals surface area contributed by atoms with Crippen LogP contribution in [0.3, 0.4) is 0 Å². The molecule has 1 N–H and O–H groups in total. The molecule has 0 saturated heterocycles. The Bertz CT molecular complexity index is 102. The summed E-state index contributed by atoms with van der Waals surface area (Å²) in [6.45, 7) is 7.86. The molecule has 0 bridgehead atoms. The van der Waals surface area contributed by atoms with Gasteiger partial charge in [0.15, 0.2) is 0 Å². The van der Waals surface area contributed by atoms with Crippen LogP contribution in [0.25, 0.3) is 0 Å². The molecule has 2 nitrogen and oxygen atoms in total. The number of hydrogen-bond acceptors (Lipinski definition) is 2. The van der Waals surface area contributed by atoms with Gasteiger partial charge in [-0.25, -0.2) is 0 Å². The molecule has 0 aliphatic carbocycles. The van der Waals surface area contributed by atoms with Crippen molar-refractivity contribution in [2.45, 2.75) is 45.7 Å². The molecule has 0 aromatic heterocycles. The van der Waals surface area contributed by atoms with Gasteiger partial charge in [-0.3, -0.25) is 0 Å². The van der Waals surface area contributed by atoms with E-state index in [-0.39, 0.29) is 0 Å². The summed E-state index contributed by atoms with van der Waals surface area (Å²) in [5, 5.41) is 3.35. The van der Waals surface area contributed by atoms with Gasteiger partial charge < -0.3 is 10.2 Å². The highest BCUT2D eigenvalue weighted by atomic mass is 15.1. The maximum Gasteiger partial charge on any atom is 0.0191 e. The molecule has 0 aliphatic heterocycles. The normalized spacial score (nSPS) is 14.2. The SMILES string of the molecule is CCCC(CN(C)C(C)C)NC. The van der Waals surface area contributed by atoms with E-state index in [1.807, 2.05) is 0 Å². The van der Waals surface area contributed by atoms with E-state index in [1.54, 1.807) is 0 Å². The summed E-state index contributed by atoms with van der Waals surface area (Å²) >= 11 is 0. The number of nitrogens with zero attached hydrogens (tertiary/aromatic N) is 1. The number of nitrogens with one attached hydrogen (secondary N) is 1. The van der Waals surface area contributed by atoms with Crippen LogP contribution in [0.2, 0.25) is 0 Å². The van der Waals surface area contributed by atoms with Gasteiger partial charge in [0.25, 0.3) is 0 Å². The van der Waals surface area contributed by atoms with Crippen molar-refractivity contribution in [2.75, 3.05) is 20.6 Å². The minimum absolute atomic E-state index is 0.651. The Balaban J connectivity index is 3.68. The molecule has 1 atom stereocenters. The van der Waals surface area contributed by atoms with Gasteiger partial charge in [0.2, 0.25) is 0 Å². The molecule has 0 fully saturated rings. The first-order valence-electron chi connectivity index (χ1n) is 4.99. The van der Waals surface area contributed by atoms with Crippen molar-refractivity contribution in [1.82, 2.24) is 10.2 Å². The zero-order chi connectivity index (χ0) is 9.56. The van der Waals surface area contributed by atoms with E-state index < -0.39 is 0 Å². The molecule has 1 unspecified atom stereocenters. The Morgan fingerprint density at radius 3 is 2.25 bits per heavy atom. The molecule has 12 heavy (non-hydrogen) atoms. The summed E-state index contributed by atoms with van der Waals surface area (Å²) in [7, 11) is 4.24. The lowest BCUT2D eigenvalue weighted by Gasteiger charge is -2.26. The Kier molecular flexibility index (Phi) is 6.39. The topological polar surface area (TPSA) is 15.3 Å². The van der Waals surface area contributed by atoms with Gasteiger partial charge >= 0.3 is 0 Å². The van der Waals surface area contributed by atoms with Crippen LogP contribution >= 0.6 is 0 Å². The standard InChI is InChI=1S/C10H24N2/c1-6-7-10(11-4)8-12(5)9(2)3/h9-11H,6-8H2,1-5H3. The Hall–Kier alpha value is -0.0800. The first kappa shape index (κ1) is 11.9. The Morgan fingerprint density at radius 1 is 1.33 bits per heavy atom. The van der Waals surface area contributed by atoms with E-state index in [4.69, 9.17) is 0 Å². The summed E-state index contributed by atoms with van der Waals surface area (Å²) < 4.78 is 0. The van der Waals surface area contributed by atoms with Gasteiger partial charge in [-0.1, -0.05) is 13.3 Å². The first-order chi connectivity index (χ1) is 5.61. The summed E-state index contributed by atoms with van der Waals surface area (Å²) in [6.07, 6.45) is 2.53. The van der Waals surface area contributed by atoms with Gasteiger partial charge in [0, 0.05) is 18.6 Å². The highest BCUT2D eigenvalue weighted by molar-refractivity contribution is 4.69. The molecule has 2 heteroatoms. The lowest BCUT2D eigenvalue weighted by molar-refractivity contribution is 0.240. The van der Waals surface area contributed by atoms with E-state index >= 15 is 0 Å². The van der Waals surface area contributed by atoms with Crippen molar-refractivity contribution in [3.8, 4) is 0 Å². The third kappa shape index (κ3) is 4.73. The molecule has 0 heterocycles. The van der Waals surface area contributed by atoms with Crippen molar-refractivity contribution in [3.63, 3.8) is 0 Å². The quantitative estimate of drug-likeness (QED) is 0.656. The Labute approximate surface area is 77.3 Å². The van der Waals surface area contributed by atoms with Crippen LogP contribution in [0.1, 0.15) is 33.6 Å². The maximum atomic E-state index is 3.35. The summed E-state index contributed by atoms with van der Waals surface area (Å²) in [5.74, 6) is 0. The minimum Gasteiger partial charge on any atom is -0.316 e. The average Bonchev–Trinajstić information content (AvgIpc) is 2.03. The molecular weight excluding hydrogens is 148 g/mol. The fourth-order valence-electron chi connectivity index (χ4n) is 1.23. The average molecular weight is 172 g/mol. The molecule has 0 aromatic carbocycles. The summed E-state index contributed by atoms with van der Waals surface area (Å²) in [6, 6.07) is 1.31. The molecule has 0 spiro atoms. The van der Waals surface area contributed by atoms with Crippen LogP contribution < -0.4 is 5.32 Å². The number of rotatable bonds is 6. The van der Waals surface area contributed by atoms with Gasteiger partial charge in [0.05, 0.1) is 0 Å². The number of hydrogen-bond donors (Lipinski definition) is 1. The van der Waals surface area contributed by atoms with Crippen molar-refractivity contribution >= 4 is 0 Å².